The number of aromatic nitrogens is 1. The van der Waals surface area contributed by atoms with Gasteiger partial charge in [-0.3, -0.25) is 0 Å². The van der Waals surface area contributed by atoms with Gasteiger partial charge in [0, 0.05) is 18.2 Å². The molecule has 4 nitrogen and oxygen atoms in total. The molecule has 1 aromatic rings. The lowest BCUT2D eigenvalue weighted by molar-refractivity contribution is 0.199. The van der Waals surface area contributed by atoms with Crippen molar-refractivity contribution < 1.29 is 13.5 Å². The van der Waals surface area contributed by atoms with Gasteiger partial charge in [0.05, 0.1) is 16.9 Å². The summed E-state index contributed by atoms with van der Waals surface area (Å²) in [6.07, 6.45) is 2.30. The molecule has 1 N–H and O–H groups in total. The van der Waals surface area contributed by atoms with Crippen LogP contribution in [0, 0.1) is 0 Å². The molecular weight excluding hydrogens is 246 g/mol. The number of nitrogens with zero attached hydrogens (tertiary/aromatic N) is 1. The maximum absolute atomic E-state index is 10.9. The van der Waals surface area contributed by atoms with Crippen LogP contribution in [0.3, 0.4) is 0 Å². The van der Waals surface area contributed by atoms with E-state index in [0.717, 1.165) is 10.6 Å². The molecule has 16 heavy (non-hydrogen) atoms. The summed E-state index contributed by atoms with van der Waals surface area (Å²) in [5.74, 6) is 0.618. The molecule has 0 unspecified atom stereocenters. The molecule has 0 saturated heterocycles. The first-order chi connectivity index (χ1) is 7.38. The molecule has 0 radical (unpaired) electrons. The highest BCUT2D eigenvalue weighted by Gasteiger charge is 2.05. The second kappa shape index (κ2) is 5.65. The van der Waals surface area contributed by atoms with Crippen LogP contribution in [0.4, 0.5) is 0 Å². The SMILES string of the molecule is C[C@H](O)c1ccnc(SCCS(C)(=O)=O)c1. The van der Waals surface area contributed by atoms with Crippen LogP contribution in [0.2, 0.25) is 0 Å². The third-order valence-corrected chi connectivity index (χ3v) is 4.08. The number of thioether (sulfide) groups is 1. The summed E-state index contributed by atoms with van der Waals surface area (Å²) < 4.78 is 21.8. The van der Waals surface area contributed by atoms with Gasteiger partial charge in [0.2, 0.25) is 0 Å². The summed E-state index contributed by atoms with van der Waals surface area (Å²) in [5.41, 5.74) is 0.789. The van der Waals surface area contributed by atoms with Gasteiger partial charge in [-0.1, -0.05) is 0 Å². The fourth-order valence-electron chi connectivity index (χ4n) is 1.06. The predicted molar refractivity (Wildman–Crippen MR) is 65.3 cm³/mol. The van der Waals surface area contributed by atoms with Crippen LogP contribution < -0.4 is 0 Å². The van der Waals surface area contributed by atoms with Gasteiger partial charge >= 0.3 is 0 Å². The summed E-state index contributed by atoms with van der Waals surface area (Å²) >= 11 is 1.38. The van der Waals surface area contributed by atoms with E-state index in [0.29, 0.717) is 5.75 Å². The van der Waals surface area contributed by atoms with Crippen molar-refractivity contribution in [2.24, 2.45) is 0 Å². The van der Waals surface area contributed by atoms with Gasteiger partial charge in [-0.2, -0.15) is 0 Å². The average molecular weight is 261 g/mol. The summed E-state index contributed by atoms with van der Waals surface area (Å²) in [6.45, 7) is 1.68. The van der Waals surface area contributed by atoms with Crippen LogP contribution in [0.15, 0.2) is 23.4 Å². The molecule has 6 heteroatoms. The average Bonchev–Trinajstić information content (AvgIpc) is 2.16. The van der Waals surface area contributed by atoms with Crippen LogP contribution in [-0.4, -0.2) is 36.3 Å². The van der Waals surface area contributed by atoms with Crippen LogP contribution >= 0.6 is 11.8 Å². The van der Waals surface area contributed by atoms with Gasteiger partial charge in [0.1, 0.15) is 9.84 Å². The van der Waals surface area contributed by atoms with E-state index in [1.54, 1.807) is 25.3 Å². The molecule has 0 spiro atoms. The zero-order valence-electron chi connectivity index (χ0n) is 9.25. The van der Waals surface area contributed by atoms with Crippen LogP contribution in [0.5, 0.6) is 0 Å². The van der Waals surface area contributed by atoms with Crippen molar-refractivity contribution in [2.75, 3.05) is 17.8 Å². The molecule has 0 saturated carbocycles. The summed E-state index contributed by atoms with van der Waals surface area (Å²) in [5, 5.41) is 10.1. The van der Waals surface area contributed by atoms with Crippen molar-refractivity contribution in [3.63, 3.8) is 0 Å². The Morgan fingerprint density at radius 1 is 1.56 bits per heavy atom. The maximum Gasteiger partial charge on any atom is 0.148 e. The maximum atomic E-state index is 10.9. The number of aliphatic hydroxyl groups is 1. The Balaban J connectivity index is 2.58. The van der Waals surface area contributed by atoms with Gasteiger partial charge in [0.25, 0.3) is 0 Å². The molecule has 0 aromatic carbocycles. The Morgan fingerprint density at radius 2 is 2.25 bits per heavy atom. The molecule has 0 aliphatic rings. The minimum Gasteiger partial charge on any atom is -0.389 e. The van der Waals surface area contributed by atoms with E-state index in [1.165, 1.54) is 18.0 Å². The number of hydrogen-bond donors (Lipinski definition) is 1. The van der Waals surface area contributed by atoms with E-state index < -0.39 is 15.9 Å². The zero-order valence-corrected chi connectivity index (χ0v) is 10.9. The number of pyridine rings is 1. The van der Waals surface area contributed by atoms with Gasteiger partial charge in [0.15, 0.2) is 0 Å². The van der Waals surface area contributed by atoms with Crippen molar-refractivity contribution in [3.8, 4) is 0 Å². The Bertz CT molecular complexity index is 443. The van der Waals surface area contributed by atoms with Crippen molar-refractivity contribution in [1.82, 2.24) is 4.98 Å². The first-order valence-corrected chi connectivity index (χ1v) is 7.87. The van der Waals surface area contributed by atoms with Crippen molar-refractivity contribution in [2.45, 2.75) is 18.1 Å². The van der Waals surface area contributed by atoms with E-state index in [1.807, 2.05) is 0 Å². The molecule has 0 bridgehead atoms. The third-order valence-electron chi connectivity index (χ3n) is 1.95. The predicted octanol–water partition coefficient (Wildman–Crippen LogP) is 1.27. The first-order valence-electron chi connectivity index (χ1n) is 4.83. The first kappa shape index (κ1) is 13.5. The fourth-order valence-corrected chi connectivity index (χ4v) is 3.17. The van der Waals surface area contributed by atoms with E-state index in [-0.39, 0.29) is 5.75 Å². The minimum atomic E-state index is -2.92. The highest BCUT2D eigenvalue weighted by molar-refractivity contribution is 8.00. The Labute approximate surface area is 100 Å². The molecule has 0 amide bonds. The lowest BCUT2D eigenvalue weighted by atomic mass is 10.2. The highest BCUT2D eigenvalue weighted by Crippen LogP contribution is 2.19. The lowest BCUT2D eigenvalue weighted by Crippen LogP contribution is -2.05. The molecule has 0 aliphatic heterocycles. The molecule has 1 heterocycles. The molecule has 1 rings (SSSR count). The van der Waals surface area contributed by atoms with Crippen LogP contribution in [0.25, 0.3) is 0 Å². The quantitative estimate of drug-likeness (QED) is 0.809. The third kappa shape index (κ3) is 4.96. The number of aliphatic hydroxyl groups excluding tert-OH is 1. The normalized spacial score (nSPS) is 13.7. The van der Waals surface area contributed by atoms with E-state index in [2.05, 4.69) is 4.98 Å². The Hall–Kier alpha value is -0.590. The number of rotatable bonds is 5. The summed E-state index contributed by atoms with van der Waals surface area (Å²) in [7, 11) is -2.92. The van der Waals surface area contributed by atoms with Crippen molar-refractivity contribution >= 4 is 21.6 Å². The second-order valence-electron chi connectivity index (χ2n) is 3.58. The van der Waals surface area contributed by atoms with Gasteiger partial charge < -0.3 is 5.11 Å². The van der Waals surface area contributed by atoms with Crippen molar-refractivity contribution in [3.05, 3.63) is 23.9 Å². The zero-order chi connectivity index (χ0) is 12.2. The minimum absolute atomic E-state index is 0.137. The standard InChI is InChI=1S/C10H15NO3S2/c1-8(12)9-3-4-11-10(7-9)15-5-6-16(2,13)14/h3-4,7-8,12H,5-6H2,1-2H3/t8-/m0/s1. The monoisotopic (exact) mass is 261 g/mol. The Kier molecular flexibility index (Phi) is 4.76. The fraction of sp³-hybridized carbons (Fsp3) is 0.500. The summed E-state index contributed by atoms with van der Waals surface area (Å²) in [4.78, 5) is 4.10. The van der Waals surface area contributed by atoms with Gasteiger partial charge in [-0.25, -0.2) is 13.4 Å². The number of sulfone groups is 1. The smallest absolute Gasteiger partial charge is 0.148 e. The molecule has 1 atom stereocenters. The van der Waals surface area contributed by atoms with Crippen LogP contribution in [0.1, 0.15) is 18.6 Å². The topological polar surface area (TPSA) is 67.3 Å². The lowest BCUT2D eigenvalue weighted by Gasteiger charge is -2.06. The molecule has 0 aliphatic carbocycles. The highest BCUT2D eigenvalue weighted by atomic mass is 32.2. The van der Waals surface area contributed by atoms with Gasteiger partial charge in [-0.05, 0) is 24.6 Å². The van der Waals surface area contributed by atoms with Crippen LogP contribution in [-0.2, 0) is 9.84 Å². The number of hydrogen-bond acceptors (Lipinski definition) is 5. The molecule has 0 fully saturated rings. The molecule has 1 aromatic heterocycles. The molecule has 90 valence electrons. The largest absolute Gasteiger partial charge is 0.389 e. The summed E-state index contributed by atoms with van der Waals surface area (Å²) in [6, 6.07) is 3.52. The van der Waals surface area contributed by atoms with Gasteiger partial charge in [-0.15, -0.1) is 11.8 Å². The van der Waals surface area contributed by atoms with E-state index >= 15 is 0 Å². The van der Waals surface area contributed by atoms with Crippen molar-refractivity contribution in [1.29, 1.82) is 0 Å². The second-order valence-corrected chi connectivity index (χ2v) is 6.96. The Morgan fingerprint density at radius 3 is 2.81 bits per heavy atom. The van der Waals surface area contributed by atoms with E-state index in [9.17, 15) is 13.5 Å². The van der Waals surface area contributed by atoms with E-state index in [4.69, 9.17) is 0 Å². The molecular formula is C10H15NO3S2.